The predicted octanol–water partition coefficient (Wildman–Crippen LogP) is 4.29. The molecule has 3 aromatic rings. The Bertz CT molecular complexity index is 778. The SMILES string of the molecule is c1ccc2c(c1)CSC[C@@H]2NCCc1c[nH]c2ccccc12. The van der Waals surface area contributed by atoms with E-state index in [0.717, 1.165) is 18.7 Å². The topological polar surface area (TPSA) is 27.8 Å². The van der Waals surface area contributed by atoms with Gasteiger partial charge in [0.1, 0.15) is 0 Å². The molecule has 4 rings (SSSR count). The number of para-hydroxylation sites is 1. The second kappa shape index (κ2) is 6.19. The zero-order valence-corrected chi connectivity index (χ0v) is 13.3. The summed E-state index contributed by atoms with van der Waals surface area (Å²) < 4.78 is 0. The molecule has 2 N–H and O–H groups in total. The maximum Gasteiger partial charge on any atom is 0.0456 e. The molecule has 0 bridgehead atoms. The van der Waals surface area contributed by atoms with E-state index in [4.69, 9.17) is 0 Å². The van der Waals surface area contributed by atoms with Crippen LogP contribution in [0.1, 0.15) is 22.7 Å². The summed E-state index contributed by atoms with van der Waals surface area (Å²) >= 11 is 2.03. The van der Waals surface area contributed by atoms with Crippen molar-refractivity contribution in [2.24, 2.45) is 0 Å². The molecule has 0 amide bonds. The van der Waals surface area contributed by atoms with Crippen LogP contribution >= 0.6 is 11.8 Å². The van der Waals surface area contributed by atoms with Gasteiger partial charge in [0.05, 0.1) is 0 Å². The van der Waals surface area contributed by atoms with Crippen LogP contribution < -0.4 is 5.32 Å². The van der Waals surface area contributed by atoms with Gasteiger partial charge in [0, 0.05) is 34.6 Å². The van der Waals surface area contributed by atoms with E-state index in [1.807, 2.05) is 11.8 Å². The molecular formula is C19H20N2S. The van der Waals surface area contributed by atoms with Crippen molar-refractivity contribution in [2.45, 2.75) is 18.2 Å². The van der Waals surface area contributed by atoms with Gasteiger partial charge in [0.2, 0.25) is 0 Å². The van der Waals surface area contributed by atoms with Gasteiger partial charge in [-0.15, -0.1) is 0 Å². The Hall–Kier alpha value is -1.71. The predicted molar refractivity (Wildman–Crippen MR) is 95.4 cm³/mol. The molecule has 1 atom stereocenters. The van der Waals surface area contributed by atoms with Crippen molar-refractivity contribution in [1.29, 1.82) is 0 Å². The Balaban J connectivity index is 1.44. The molecule has 2 nitrogen and oxygen atoms in total. The molecule has 2 heterocycles. The molecule has 0 spiro atoms. The lowest BCUT2D eigenvalue weighted by Gasteiger charge is -2.26. The number of H-pyrrole nitrogens is 1. The number of hydrogen-bond acceptors (Lipinski definition) is 2. The van der Waals surface area contributed by atoms with Crippen molar-refractivity contribution in [1.82, 2.24) is 10.3 Å². The Labute approximate surface area is 135 Å². The number of fused-ring (bicyclic) bond motifs is 2. The number of aromatic amines is 1. The molecule has 2 aromatic carbocycles. The van der Waals surface area contributed by atoms with Crippen molar-refractivity contribution in [3.8, 4) is 0 Å². The zero-order valence-electron chi connectivity index (χ0n) is 12.5. The molecule has 22 heavy (non-hydrogen) atoms. The summed E-state index contributed by atoms with van der Waals surface area (Å²) in [6.07, 6.45) is 3.21. The lowest BCUT2D eigenvalue weighted by atomic mass is 10.0. The molecule has 0 aliphatic carbocycles. The van der Waals surface area contributed by atoms with Gasteiger partial charge in [-0.25, -0.2) is 0 Å². The van der Waals surface area contributed by atoms with Crippen LogP contribution in [-0.2, 0) is 12.2 Å². The lowest BCUT2D eigenvalue weighted by molar-refractivity contribution is 0.578. The summed E-state index contributed by atoms with van der Waals surface area (Å²) in [4.78, 5) is 3.36. The smallest absolute Gasteiger partial charge is 0.0456 e. The Morgan fingerprint density at radius 3 is 2.95 bits per heavy atom. The van der Waals surface area contributed by atoms with Crippen molar-refractivity contribution in [3.05, 3.63) is 71.4 Å². The van der Waals surface area contributed by atoms with Gasteiger partial charge < -0.3 is 10.3 Å². The molecule has 0 fully saturated rings. The van der Waals surface area contributed by atoms with Gasteiger partial charge in [0.15, 0.2) is 0 Å². The van der Waals surface area contributed by atoms with Gasteiger partial charge in [-0.05, 0) is 35.7 Å². The van der Waals surface area contributed by atoms with Gasteiger partial charge in [-0.1, -0.05) is 42.5 Å². The van der Waals surface area contributed by atoms with E-state index in [0.29, 0.717) is 6.04 Å². The highest BCUT2D eigenvalue weighted by Crippen LogP contribution is 2.31. The largest absolute Gasteiger partial charge is 0.361 e. The third kappa shape index (κ3) is 2.67. The van der Waals surface area contributed by atoms with Crippen LogP contribution in [0.5, 0.6) is 0 Å². The lowest BCUT2D eigenvalue weighted by Crippen LogP contribution is -2.28. The molecule has 112 valence electrons. The first-order valence-electron chi connectivity index (χ1n) is 7.86. The first-order valence-corrected chi connectivity index (χ1v) is 9.01. The van der Waals surface area contributed by atoms with E-state index >= 15 is 0 Å². The summed E-state index contributed by atoms with van der Waals surface area (Å²) in [5.41, 5.74) is 5.61. The maximum atomic E-state index is 3.75. The average Bonchev–Trinajstić information content (AvgIpc) is 2.99. The molecule has 0 saturated carbocycles. The second-order valence-electron chi connectivity index (χ2n) is 5.83. The minimum Gasteiger partial charge on any atom is -0.361 e. The van der Waals surface area contributed by atoms with Gasteiger partial charge in [0.25, 0.3) is 0 Å². The Morgan fingerprint density at radius 1 is 1.09 bits per heavy atom. The molecule has 0 radical (unpaired) electrons. The Morgan fingerprint density at radius 2 is 1.95 bits per heavy atom. The molecule has 3 heteroatoms. The highest BCUT2D eigenvalue weighted by atomic mass is 32.2. The number of hydrogen-bond donors (Lipinski definition) is 2. The van der Waals surface area contributed by atoms with Crippen molar-refractivity contribution < 1.29 is 0 Å². The van der Waals surface area contributed by atoms with Gasteiger partial charge in [-0.3, -0.25) is 0 Å². The van der Waals surface area contributed by atoms with E-state index in [1.54, 1.807) is 0 Å². The summed E-state index contributed by atoms with van der Waals surface area (Å²) in [5, 5.41) is 5.10. The van der Waals surface area contributed by atoms with E-state index in [9.17, 15) is 0 Å². The summed E-state index contributed by atoms with van der Waals surface area (Å²) in [5.74, 6) is 2.32. The average molecular weight is 308 g/mol. The van der Waals surface area contributed by atoms with Crippen LogP contribution in [-0.4, -0.2) is 17.3 Å². The first-order chi connectivity index (χ1) is 10.9. The Kier molecular flexibility index (Phi) is 3.92. The zero-order chi connectivity index (χ0) is 14.8. The van der Waals surface area contributed by atoms with E-state index in [2.05, 4.69) is 65.0 Å². The first kappa shape index (κ1) is 13.9. The molecular weight excluding hydrogens is 288 g/mol. The molecule has 0 saturated heterocycles. The van der Waals surface area contributed by atoms with E-state index in [-0.39, 0.29) is 0 Å². The summed E-state index contributed by atoms with van der Waals surface area (Å²) in [6, 6.07) is 17.9. The summed E-state index contributed by atoms with van der Waals surface area (Å²) in [6.45, 7) is 1.02. The number of benzene rings is 2. The highest BCUT2D eigenvalue weighted by Gasteiger charge is 2.19. The third-order valence-electron chi connectivity index (χ3n) is 4.43. The molecule has 0 unspecified atom stereocenters. The second-order valence-corrected chi connectivity index (χ2v) is 6.86. The fourth-order valence-electron chi connectivity index (χ4n) is 3.27. The fraction of sp³-hybridized carbons (Fsp3) is 0.263. The highest BCUT2D eigenvalue weighted by molar-refractivity contribution is 7.98. The number of aromatic nitrogens is 1. The van der Waals surface area contributed by atoms with E-state index in [1.165, 1.54) is 33.3 Å². The number of thioether (sulfide) groups is 1. The molecule has 1 aliphatic rings. The maximum absolute atomic E-state index is 3.75. The fourth-order valence-corrected chi connectivity index (χ4v) is 4.40. The number of nitrogens with one attached hydrogen (secondary N) is 2. The molecule has 1 aliphatic heterocycles. The normalized spacial score (nSPS) is 17.5. The number of rotatable bonds is 4. The van der Waals surface area contributed by atoms with E-state index < -0.39 is 0 Å². The van der Waals surface area contributed by atoms with Crippen LogP contribution in [0.15, 0.2) is 54.7 Å². The minimum atomic E-state index is 0.486. The van der Waals surface area contributed by atoms with Crippen LogP contribution in [0.4, 0.5) is 0 Å². The standard InChI is InChI=1S/C19H20N2S/c1-2-7-17-15(5-1)12-22-13-19(17)20-10-9-14-11-21-18-8-4-3-6-16(14)18/h1-8,11,19-21H,9-10,12-13H2/t19-/m0/s1. The molecule has 1 aromatic heterocycles. The van der Waals surface area contributed by atoms with Crippen LogP contribution in [0.25, 0.3) is 10.9 Å². The minimum absolute atomic E-state index is 0.486. The van der Waals surface area contributed by atoms with Crippen molar-refractivity contribution >= 4 is 22.7 Å². The quantitative estimate of drug-likeness (QED) is 0.752. The van der Waals surface area contributed by atoms with Crippen LogP contribution in [0, 0.1) is 0 Å². The monoisotopic (exact) mass is 308 g/mol. The van der Waals surface area contributed by atoms with Crippen LogP contribution in [0.3, 0.4) is 0 Å². The van der Waals surface area contributed by atoms with Crippen LogP contribution in [0.2, 0.25) is 0 Å². The van der Waals surface area contributed by atoms with Gasteiger partial charge in [-0.2, -0.15) is 11.8 Å². The van der Waals surface area contributed by atoms with Crippen molar-refractivity contribution in [3.63, 3.8) is 0 Å². The third-order valence-corrected chi connectivity index (χ3v) is 5.52. The van der Waals surface area contributed by atoms with Crippen molar-refractivity contribution in [2.75, 3.05) is 12.3 Å². The van der Waals surface area contributed by atoms with Gasteiger partial charge >= 0.3 is 0 Å². The summed E-state index contributed by atoms with van der Waals surface area (Å²) in [7, 11) is 0.